The molecule has 1 saturated heterocycles. The normalized spacial score (nSPS) is 26.0. The lowest BCUT2D eigenvalue weighted by Crippen LogP contribution is -2.35. The van der Waals surface area contributed by atoms with Gasteiger partial charge in [-0.05, 0) is 44.2 Å². The van der Waals surface area contributed by atoms with Crippen molar-refractivity contribution < 1.29 is 9.59 Å². The van der Waals surface area contributed by atoms with Crippen molar-refractivity contribution in [3.05, 3.63) is 23.0 Å². The van der Waals surface area contributed by atoms with Crippen LogP contribution in [0.2, 0.25) is 0 Å². The molecule has 120 valence electrons. The van der Waals surface area contributed by atoms with Crippen LogP contribution >= 0.6 is 0 Å². The van der Waals surface area contributed by atoms with Gasteiger partial charge in [0.15, 0.2) is 0 Å². The van der Waals surface area contributed by atoms with Gasteiger partial charge in [-0.25, -0.2) is 0 Å². The van der Waals surface area contributed by atoms with E-state index >= 15 is 0 Å². The Morgan fingerprint density at radius 1 is 1.32 bits per heavy atom. The summed E-state index contributed by atoms with van der Waals surface area (Å²) in [4.78, 5) is 26.3. The molecule has 1 aliphatic carbocycles. The van der Waals surface area contributed by atoms with Crippen LogP contribution < -0.4 is 11.1 Å². The molecule has 3 atom stereocenters. The van der Waals surface area contributed by atoms with E-state index in [1.165, 1.54) is 0 Å². The zero-order chi connectivity index (χ0) is 16.0. The van der Waals surface area contributed by atoms with Gasteiger partial charge in [-0.1, -0.05) is 0 Å². The van der Waals surface area contributed by atoms with Gasteiger partial charge < -0.3 is 20.5 Å². The Hall–Kier alpha value is -1.82. The summed E-state index contributed by atoms with van der Waals surface area (Å²) in [7, 11) is 1.62. The second-order valence-electron chi connectivity index (χ2n) is 6.48. The predicted octanol–water partition coefficient (Wildman–Crippen LogP) is 0.128. The Labute approximate surface area is 130 Å². The van der Waals surface area contributed by atoms with Crippen LogP contribution in [0.3, 0.4) is 0 Å². The molecule has 0 bridgehead atoms. The molecule has 1 saturated carbocycles. The van der Waals surface area contributed by atoms with Crippen LogP contribution in [0.1, 0.15) is 21.7 Å². The van der Waals surface area contributed by atoms with Gasteiger partial charge in [0, 0.05) is 31.5 Å². The molecule has 1 aliphatic heterocycles. The first-order valence-corrected chi connectivity index (χ1v) is 7.84. The molecule has 3 rings (SSSR count). The van der Waals surface area contributed by atoms with Crippen LogP contribution in [0.5, 0.6) is 0 Å². The average molecular weight is 304 g/mol. The first kappa shape index (κ1) is 15.1. The van der Waals surface area contributed by atoms with Crippen LogP contribution in [0, 0.1) is 31.6 Å². The summed E-state index contributed by atoms with van der Waals surface area (Å²) >= 11 is 0. The number of amides is 2. The number of hydrogen-bond donors (Lipinski definition) is 2. The quantitative estimate of drug-likeness (QED) is 0.829. The van der Waals surface area contributed by atoms with Crippen molar-refractivity contribution in [3.8, 4) is 0 Å². The van der Waals surface area contributed by atoms with Crippen molar-refractivity contribution in [3.63, 3.8) is 0 Å². The zero-order valence-corrected chi connectivity index (χ0v) is 13.4. The van der Waals surface area contributed by atoms with Gasteiger partial charge in [-0.3, -0.25) is 9.59 Å². The monoisotopic (exact) mass is 304 g/mol. The number of fused-ring (bicyclic) bond motifs is 1. The van der Waals surface area contributed by atoms with E-state index in [0.717, 1.165) is 31.0 Å². The third kappa shape index (κ3) is 2.31. The fourth-order valence-corrected chi connectivity index (χ4v) is 3.85. The number of rotatable bonds is 4. The van der Waals surface area contributed by atoms with Gasteiger partial charge in [0.25, 0.3) is 5.91 Å². The summed E-state index contributed by atoms with van der Waals surface area (Å²) in [6.07, 6.45) is 0. The molecule has 3 N–H and O–H groups in total. The zero-order valence-electron chi connectivity index (χ0n) is 13.4. The predicted molar refractivity (Wildman–Crippen MR) is 83.4 cm³/mol. The lowest BCUT2D eigenvalue weighted by atomic mass is 10.2. The third-order valence-corrected chi connectivity index (χ3v) is 5.33. The summed E-state index contributed by atoms with van der Waals surface area (Å²) < 4.78 is 1.93. The molecule has 0 spiro atoms. The van der Waals surface area contributed by atoms with Crippen molar-refractivity contribution in [1.29, 1.82) is 0 Å². The van der Waals surface area contributed by atoms with Gasteiger partial charge in [-0.2, -0.15) is 0 Å². The highest BCUT2D eigenvalue weighted by Gasteiger charge is 2.55. The highest BCUT2D eigenvalue weighted by molar-refractivity contribution is 5.95. The molecule has 2 fully saturated rings. The van der Waals surface area contributed by atoms with Crippen LogP contribution in [-0.4, -0.2) is 48.0 Å². The largest absolute Gasteiger partial charge is 0.355 e. The Kier molecular flexibility index (Phi) is 3.72. The first-order valence-electron chi connectivity index (χ1n) is 7.84. The molecule has 1 aromatic rings. The maximum Gasteiger partial charge on any atom is 0.252 e. The molecular weight excluding hydrogens is 280 g/mol. The van der Waals surface area contributed by atoms with Crippen molar-refractivity contribution in [2.45, 2.75) is 20.4 Å². The van der Waals surface area contributed by atoms with E-state index in [1.54, 1.807) is 7.05 Å². The standard InChI is InChI=1S/C16H24N4O2/c1-9-4-11(16(22)18-3)10(2)20(9)8-15(21)19-6-13-12(5-17)14(13)7-19/h4,12-14H,5-8,17H2,1-3H3,(H,18,22)/t12?,13-,14+. The maximum absolute atomic E-state index is 12.5. The number of aromatic nitrogens is 1. The fourth-order valence-electron chi connectivity index (χ4n) is 3.85. The van der Waals surface area contributed by atoms with Gasteiger partial charge in [0.05, 0.1) is 5.56 Å². The van der Waals surface area contributed by atoms with Gasteiger partial charge in [-0.15, -0.1) is 0 Å². The SMILES string of the molecule is CNC(=O)c1cc(C)n(CC(=O)N2C[C@@H]3C(CN)[C@@H]3C2)c1C. The molecule has 6 nitrogen and oxygen atoms in total. The molecule has 0 aromatic carbocycles. The number of carbonyl (C=O) groups excluding carboxylic acids is 2. The average Bonchev–Trinajstić information content (AvgIpc) is 2.83. The van der Waals surface area contributed by atoms with Gasteiger partial charge >= 0.3 is 0 Å². The molecule has 2 heterocycles. The summed E-state index contributed by atoms with van der Waals surface area (Å²) in [6, 6.07) is 1.84. The second-order valence-corrected chi connectivity index (χ2v) is 6.48. The minimum absolute atomic E-state index is 0.111. The third-order valence-electron chi connectivity index (χ3n) is 5.33. The maximum atomic E-state index is 12.5. The molecule has 6 heteroatoms. The van der Waals surface area contributed by atoms with E-state index in [0.29, 0.717) is 29.9 Å². The Balaban J connectivity index is 1.68. The number of nitrogens with one attached hydrogen (secondary N) is 1. The number of nitrogens with two attached hydrogens (primary N) is 1. The van der Waals surface area contributed by atoms with Gasteiger partial charge in [0.2, 0.25) is 5.91 Å². The minimum Gasteiger partial charge on any atom is -0.355 e. The van der Waals surface area contributed by atoms with Crippen molar-refractivity contribution in [2.75, 3.05) is 26.7 Å². The first-order chi connectivity index (χ1) is 10.5. The van der Waals surface area contributed by atoms with Crippen LogP contribution in [0.4, 0.5) is 0 Å². The van der Waals surface area contributed by atoms with Gasteiger partial charge in [0.1, 0.15) is 6.54 Å². The smallest absolute Gasteiger partial charge is 0.252 e. The minimum atomic E-state index is -0.111. The van der Waals surface area contributed by atoms with E-state index in [2.05, 4.69) is 5.32 Å². The van der Waals surface area contributed by atoms with Crippen molar-refractivity contribution in [2.24, 2.45) is 23.5 Å². The number of aryl methyl sites for hydroxylation is 1. The molecule has 22 heavy (non-hydrogen) atoms. The molecule has 2 amide bonds. The number of hydrogen-bond acceptors (Lipinski definition) is 3. The lowest BCUT2D eigenvalue weighted by Gasteiger charge is -2.21. The van der Waals surface area contributed by atoms with E-state index < -0.39 is 0 Å². The van der Waals surface area contributed by atoms with Crippen LogP contribution in [-0.2, 0) is 11.3 Å². The van der Waals surface area contributed by atoms with E-state index in [9.17, 15) is 9.59 Å². The number of carbonyl (C=O) groups is 2. The Bertz CT molecular complexity index is 610. The highest BCUT2D eigenvalue weighted by atomic mass is 16.2. The molecule has 2 aliphatic rings. The summed E-state index contributed by atoms with van der Waals surface area (Å²) in [5.74, 6) is 1.87. The Morgan fingerprint density at radius 2 is 1.95 bits per heavy atom. The van der Waals surface area contributed by atoms with E-state index in [4.69, 9.17) is 5.73 Å². The summed E-state index contributed by atoms with van der Waals surface area (Å²) in [6.45, 7) is 6.54. The van der Waals surface area contributed by atoms with Crippen molar-refractivity contribution in [1.82, 2.24) is 14.8 Å². The lowest BCUT2D eigenvalue weighted by molar-refractivity contribution is -0.131. The van der Waals surface area contributed by atoms with Crippen LogP contribution in [0.25, 0.3) is 0 Å². The number of likely N-dealkylation sites (tertiary alicyclic amines) is 1. The molecular formula is C16H24N4O2. The highest BCUT2D eigenvalue weighted by Crippen LogP contribution is 2.50. The van der Waals surface area contributed by atoms with E-state index in [1.807, 2.05) is 29.4 Å². The van der Waals surface area contributed by atoms with E-state index in [-0.39, 0.29) is 11.8 Å². The number of piperidine rings is 1. The molecule has 1 aromatic heterocycles. The molecule has 0 radical (unpaired) electrons. The van der Waals surface area contributed by atoms with Crippen molar-refractivity contribution >= 4 is 11.8 Å². The Morgan fingerprint density at radius 3 is 2.50 bits per heavy atom. The molecule has 1 unspecified atom stereocenters. The topological polar surface area (TPSA) is 80.4 Å². The summed E-state index contributed by atoms with van der Waals surface area (Å²) in [5.41, 5.74) is 8.13. The van der Waals surface area contributed by atoms with Crippen LogP contribution in [0.15, 0.2) is 6.07 Å². The second kappa shape index (κ2) is 5.43. The fraction of sp³-hybridized carbons (Fsp3) is 0.625. The summed E-state index contributed by atoms with van der Waals surface area (Å²) in [5, 5.41) is 2.63. The number of nitrogens with zero attached hydrogens (tertiary/aromatic N) is 2.